The van der Waals surface area contributed by atoms with E-state index in [0.717, 1.165) is 11.1 Å². The van der Waals surface area contributed by atoms with Crippen LogP contribution in [0.1, 0.15) is 59.7 Å². The summed E-state index contributed by atoms with van der Waals surface area (Å²) >= 11 is 0. The van der Waals surface area contributed by atoms with E-state index in [-0.39, 0.29) is 39.2 Å². The Balaban J connectivity index is 0.000000949. The van der Waals surface area contributed by atoms with Gasteiger partial charge >= 0.3 is 19.5 Å². The van der Waals surface area contributed by atoms with Crippen molar-refractivity contribution in [2.45, 2.75) is 50.6 Å². The van der Waals surface area contributed by atoms with Crippen LogP contribution in [0, 0.1) is 28.7 Å². The molecule has 0 saturated carbocycles. The van der Waals surface area contributed by atoms with Crippen LogP contribution in [0.15, 0.2) is 114 Å². The summed E-state index contributed by atoms with van der Waals surface area (Å²) in [5.74, 6) is 0.653. The van der Waals surface area contributed by atoms with Gasteiger partial charge in [-0.3, -0.25) is 0 Å². The summed E-state index contributed by atoms with van der Waals surface area (Å²) in [6.07, 6.45) is 0. The standard InChI is InChI=1S/C21H20N2O2S.C10H14.2CH3.Ru/c1-16-12-14-19(15-13-16)26(24,25)23-21(18-10-6-3-7-11-18)20(22)17-8-4-2-5-9-17;1-8(2)10-6-4-9(3)5-7-10;;;/h2-15,20-22H,1H3;4-8H,1-3H3;2*1H3;/q-2;;2*-1;+4/t20-,21-;;;;/m0..../s1. The maximum absolute atomic E-state index is 12.8. The van der Waals surface area contributed by atoms with E-state index in [2.05, 4.69) is 49.8 Å². The van der Waals surface area contributed by atoms with E-state index in [1.165, 1.54) is 11.1 Å². The van der Waals surface area contributed by atoms with Crippen LogP contribution < -0.4 is 0 Å². The van der Waals surface area contributed by atoms with Gasteiger partial charge in [-0.1, -0.05) is 133 Å². The molecule has 0 bridgehead atoms. The number of benzene rings is 4. The molecule has 0 aromatic heterocycles. The molecular weight excluding hydrogens is 590 g/mol. The summed E-state index contributed by atoms with van der Waals surface area (Å²) < 4.78 is 29.8. The number of nitrogens with one attached hydrogen (secondary N) is 1. The first-order valence-corrected chi connectivity index (χ1v) is 13.5. The van der Waals surface area contributed by atoms with Crippen molar-refractivity contribution in [1.82, 2.24) is 0 Å². The van der Waals surface area contributed by atoms with E-state index in [4.69, 9.17) is 5.73 Å². The van der Waals surface area contributed by atoms with Gasteiger partial charge in [-0.2, -0.15) is 0 Å². The monoisotopic (exact) mass is 630 g/mol. The molecule has 1 N–H and O–H groups in total. The largest absolute Gasteiger partial charge is 4.00 e. The Morgan fingerprint density at radius 3 is 1.46 bits per heavy atom. The molecule has 4 aromatic rings. The van der Waals surface area contributed by atoms with Crippen LogP contribution in [0.5, 0.6) is 0 Å². The molecule has 0 spiro atoms. The Bertz CT molecular complexity index is 1310. The van der Waals surface area contributed by atoms with E-state index in [9.17, 15) is 8.42 Å². The van der Waals surface area contributed by atoms with Crippen LogP contribution in [0.3, 0.4) is 0 Å². The van der Waals surface area contributed by atoms with Crippen molar-refractivity contribution in [3.05, 3.63) is 162 Å². The second-order valence-electron chi connectivity index (χ2n) is 9.20. The van der Waals surface area contributed by atoms with E-state index < -0.39 is 22.1 Å². The van der Waals surface area contributed by atoms with Crippen molar-refractivity contribution in [1.29, 1.82) is 0 Å². The first kappa shape index (κ1) is 36.4. The number of sulfonamides is 1. The van der Waals surface area contributed by atoms with Gasteiger partial charge in [-0.25, -0.2) is 8.42 Å². The molecule has 0 saturated heterocycles. The molecule has 39 heavy (non-hydrogen) atoms. The molecule has 4 rings (SSSR count). The molecule has 0 radical (unpaired) electrons. The molecule has 2 atom stereocenters. The summed E-state index contributed by atoms with van der Waals surface area (Å²) in [4.78, 5) is 0.143. The zero-order valence-corrected chi connectivity index (χ0v) is 26.2. The van der Waals surface area contributed by atoms with E-state index >= 15 is 0 Å². The minimum atomic E-state index is -3.87. The number of hydrogen-bond acceptors (Lipinski definition) is 2. The van der Waals surface area contributed by atoms with Crippen molar-refractivity contribution in [2.24, 2.45) is 0 Å². The predicted molar refractivity (Wildman–Crippen MR) is 163 cm³/mol. The quantitative estimate of drug-likeness (QED) is 0.151. The zero-order valence-electron chi connectivity index (χ0n) is 23.6. The maximum Gasteiger partial charge on any atom is 4.00 e. The molecule has 6 heteroatoms. The van der Waals surface area contributed by atoms with Gasteiger partial charge in [0, 0.05) is 4.90 Å². The van der Waals surface area contributed by atoms with Crippen molar-refractivity contribution < 1.29 is 27.9 Å². The molecule has 0 aliphatic heterocycles. The smallest absolute Gasteiger partial charge is 0.672 e. The van der Waals surface area contributed by atoms with Gasteiger partial charge in [-0.05, 0) is 37.5 Å². The molecule has 0 amide bonds. The van der Waals surface area contributed by atoms with E-state index in [0.29, 0.717) is 11.5 Å². The van der Waals surface area contributed by atoms with E-state index in [1.807, 2.05) is 67.6 Å². The first-order valence-electron chi connectivity index (χ1n) is 12.1. The first-order chi connectivity index (χ1) is 17.2. The fourth-order valence-corrected chi connectivity index (χ4v) is 4.82. The van der Waals surface area contributed by atoms with Crippen molar-refractivity contribution >= 4 is 10.0 Å². The van der Waals surface area contributed by atoms with Crippen LogP contribution in [0.2, 0.25) is 0 Å². The normalized spacial score (nSPS) is 11.9. The molecule has 0 unspecified atom stereocenters. The summed E-state index contributed by atoms with van der Waals surface area (Å²) in [7, 11) is -3.87. The van der Waals surface area contributed by atoms with Crippen LogP contribution in [0.25, 0.3) is 10.5 Å². The fourth-order valence-electron chi connectivity index (χ4n) is 3.68. The van der Waals surface area contributed by atoms with Gasteiger partial charge in [-0.15, -0.1) is 12.1 Å². The summed E-state index contributed by atoms with van der Waals surface area (Å²) in [6, 6.07) is 32.0. The van der Waals surface area contributed by atoms with Crippen LogP contribution in [-0.2, 0) is 29.5 Å². The number of aryl methyl sites for hydroxylation is 2. The van der Waals surface area contributed by atoms with Crippen molar-refractivity contribution in [3.8, 4) is 0 Å². The van der Waals surface area contributed by atoms with Gasteiger partial charge in [0.15, 0.2) is 0 Å². The molecule has 0 heterocycles. The van der Waals surface area contributed by atoms with Crippen LogP contribution in [0.4, 0.5) is 0 Å². The summed E-state index contributed by atoms with van der Waals surface area (Å²) in [6.45, 7) is 8.44. The molecule has 4 aromatic carbocycles. The summed E-state index contributed by atoms with van der Waals surface area (Å²) in [5, 5.41) is 0. The Kier molecular flexibility index (Phi) is 16.0. The van der Waals surface area contributed by atoms with E-state index in [1.54, 1.807) is 24.3 Å². The summed E-state index contributed by atoms with van der Waals surface area (Å²) in [5.41, 5.74) is 13.8. The molecule has 0 aliphatic carbocycles. The number of rotatable bonds is 7. The molecule has 4 nitrogen and oxygen atoms in total. The minimum absolute atomic E-state index is 0. The van der Waals surface area contributed by atoms with Gasteiger partial charge in [0.25, 0.3) is 0 Å². The average Bonchev–Trinajstić information content (AvgIpc) is 2.89. The Hall–Kier alpha value is -2.63. The zero-order chi connectivity index (χ0) is 26.1. The SMILES string of the molecule is Cc1ccc(C(C)C)cc1.Cc1ccc(S(=O)(=O)[N-][C@@H](c2ccccc2)[C@@H]([NH-])c2ccccc2)cc1.[CH3-].[CH3-].[Ru+4]. The third kappa shape index (κ3) is 10.8. The maximum atomic E-state index is 12.8. The Morgan fingerprint density at radius 2 is 1.03 bits per heavy atom. The minimum Gasteiger partial charge on any atom is -0.672 e. The third-order valence-corrected chi connectivity index (χ3v) is 7.30. The van der Waals surface area contributed by atoms with Crippen molar-refractivity contribution in [3.63, 3.8) is 0 Å². The fraction of sp³-hybridized carbons (Fsp3) is 0.212. The predicted octanol–water partition coefficient (Wildman–Crippen LogP) is 9.61. The van der Waals surface area contributed by atoms with Crippen LogP contribution >= 0.6 is 0 Å². The second kappa shape index (κ2) is 17.1. The van der Waals surface area contributed by atoms with Gasteiger partial charge in [0.2, 0.25) is 0 Å². The van der Waals surface area contributed by atoms with Crippen molar-refractivity contribution in [2.75, 3.05) is 0 Å². The molecule has 0 fully saturated rings. The van der Waals surface area contributed by atoms with Gasteiger partial charge in [0.1, 0.15) is 10.0 Å². The van der Waals surface area contributed by atoms with Gasteiger partial charge < -0.3 is 25.3 Å². The average molecular weight is 630 g/mol. The number of hydrogen-bond donors (Lipinski definition) is 0. The molecule has 208 valence electrons. The Morgan fingerprint density at radius 1 is 0.615 bits per heavy atom. The number of nitrogens with zero attached hydrogens (tertiary/aromatic N) is 1. The molecular formula is C33H40N2O2RuS. The second-order valence-corrected chi connectivity index (χ2v) is 10.8. The molecule has 0 aliphatic rings. The van der Waals surface area contributed by atoms with Gasteiger partial charge in [0.05, 0.1) is 0 Å². The third-order valence-electron chi connectivity index (χ3n) is 5.93. The van der Waals surface area contributed by atoms with Crippen LogP contribution in [-0.4, -0.2) is 8.42 Å². The Labute approximate surface area is 249 Å². The topological polar surface area (TPSA) is 72.0 Å².